The van der Waals surface area contributed by atoms with E-state index >= 15 is 0 Å². The molecule has 0 radical (unpaired) electrons. The highest BCUT2D eigenvalue weighted by atomic mass is 16.5. The molecule has 2 aliphatic rings. The molecule has 1 atom stereocenters. The van der Waals surface area contributed by atoms with Crippen LogP contribution in [0.3, 0.4) is 0 Å². The number of nitrogens with zero attached hydrogens (tertiary/aromatic N) is 1. The molecule has 1 unspecified atom stereocenters. The zero-order chi connectivity index (χ0) is 12.2. The molecule has 0 amide bonds. The minimum atomic E-state index is 0.349. The van der Waals surface area contributed by atoms with Gasteiger partial charge in [0.15, 0.2) is 0 Å². The lowest BCUT2D eigenvalue weighted by atomic mass is 10.1. The van der Waals surface area contributed by atoms with E-state index in [1.807, 2.05) is 12.1 Å². The van der Waals surface area contributed by atoms with Gasteiger partial charge in [0.05, 0.1) is 19.3 Å². The summed E-state index contributed by atoms with van der Waals surface area (Å²) in [5.41, 5.74) is 1.29. The maximum atomic E-state index is 5.66. The van der Waals surface area contributed by atoms with E-state index in [0.717, 1.165) is 51.7 Å². The van der Waals surface area contributed by atoms with E-state index in [-0.39, 0.29) is 0 Å². The fourth-order valence-electron chi connectivity index (χ4n) is 2.55. The van der Waals surface area contributed by atoms with Gasteiger partial charge in [-0.15, -0.1) is 0 Å². The van der Waals surface area contributed by atoms with E-state index in [1.54, 1.807) is 0 Å². The van der Waals surface area contributed by atoms with Crippen LogP contribution in [0.4, 0.5) is 0 Å². The van der Waals surface area contributed by atoms with Gasteiger partial charge in [-0.05, 0) is 6.07 Å². The Kier molecular flexibility index (Phi) is 3.78. The molecule has 0 aromatic heterocycles. The normalized spacial score (nSPS) is 23.7. The first-order valence-electron chi connectivity index (χ1n) is 6.69. The van der Waals surface area contributed by atoms with Crippen molar-refractivity contribution >= 4 is 0 Å². The van der Waals surface area contributed by atoms with Crippen molar-refractivity contribution in [3.05, 3.63) is 29.8 Å². The van der Waals surface area contributed by atoms with Gasteiger partial charge in [-0.2, -0.15) is 0 Å². The van der Waals surface area contributed by atoms with Gasteiger partial charge < -0.3 is 14.8 Å². The molecule has 2 heterocycles. The van der Waals surface area contributed by atoms with Crippen molar-refractivity contribution in [2.24, 2.45) is 0 Å². The number of morpholine rings is 1. The van der Waals surface area contributed by atoms with E-state index in [4.69, 9.17) is 9.47 Å². The average molecular weight is 248 g/mol. The number of nitrogens with one attached hydrogen (secondary N) is 1. The van der Waals surface area contributed by atoms with Crippen molar-refractivity contribution in [2.75, 3.05) is 46.0 Å². The maximum Gasteiger partial charge on any atom is 0.124 e. The molecule has 1 aromatic rings. The highest BCUT2D eigenvalue weighted by Crippen LogP contribution is 2.31. The van der Waals surface area contributed by atoms with Crippen LogP contribution in [-0.2, 0) is 4.74 Å². The van der Waals surface area contributed by atoms with Gasteiger partial charge in [0.1, 0.15) is 12.4 Å². The van der Waals surface area contributed by atoms with Gasteiger partial charge in [-0.3, -0.25) is 4.90 Å². The Morgan fingerprint density at radius 2 is 2.06 bits per heavy atom. The Morgan fingerprint density at radius 3 is 2.94 bits per heavy atom. The lowest BCUT2D eigenvalue weighted by Crippen LogP contribution is -2.41. The molecule has 0 spiro atoms. The highest BCUT2D eigenvalue weighted by molar-refractivity contribution is 5.39. The molecular formula is C14H20N2O2. The molecule has 2 aliphatic heterocycles. The van der Waals surface area contributed by atoms with Gasteiger partial charge >= 0.3 is 0 Å². The second-order valence-corrected chi connectivity index (χ2v) is 4.81. The quantitative estimate of drug-likeness (QED) is 0.863. The SMILES string of the molecule is c1ccc2c(c1)OCC2NCCN1CCOCC1. The summed E-state index contributed by atoms with van der Waals surface area (Å²) < 4.78 is 11.0. The summed E-state index contributed by atoms with van der Waals surface area (Å²) >= 11 is 0. The predicted octanol–water partition coefficient (Wildman–Crippen LogP) is 1.04. The van der Waals surface area contributed by atoms with Gasteiger partial charge in [-0.25, -0.2) is 0 Å². The van der Waals surface area contributed by atoms with Crippen molar-refractivity contribution in [1.82, 2.24) is 10.2 Å². The predicted molar refractivity (Wildman–Crippen MR) is 69.9 cm³/mol. The summed E-state index contributed by atoms with van der Waals surface area (Å²) in [6.45, 7) is 6.69. The van der Waals surface area contributed by atoms with Crippen molar-refractivity contribution in [1.29, 1.82) is 0 Å². The molecule has 3 rings (SSSR count). The maximum absolute atomic E-state index is 5.66. The molecule has 4 heteroatoms. The third-order valence-corrected chi connectivity index (χ3v) is 3.62. The molecule has 0 saturated carbocycles. The third kappa shape index (κ3) is 2.66. The lowest BCUT2D eigenvalue weighted by molar-refractivity contribution is 0.0380. The Bertz CT molecular complexity index is 391. The van der Waals surface area contributed by atoms with Gasteiger partial charge in [0.25, 0.3) is 0 Å². The first-order valence-corrected chi connectivity index (χ1v) is 6.69. The van der Waals surface area contributed by atoms with Crippen LogP contribution < -0.4 is 10.1 Å². The van der Waals surface area contributed by atoms with Crippen LogP contribution in [0, 0.1) is 0 Å². The second-order valence-electron chi connectivity index (χ2n) is 4.81. The fourth-order valence-corrected chi connectivity index (χ4v) is 2.55. The first-order chi connectivity index (χ1) is 8.93. The Morgan fingerprint density at radius 1 is 1.22 bits per heavy atom. The van der Waals surface area contributed by atoms with Gasteiger partial charge in [0.2, 0.25) is 0 Å². The molecule has 18 heavy (non-hydrogen) atoms. The minimum absolute atomic E-state index is 0.349. The van der Waals surface area contributed by atoms with Crippen LogP contribution in [0.2, 0.25) is 0 Å². The second kappa shape index (κ2) is 5.69. The van der Waals surface area contributed by atoms with Crippen LogP contribution in [-0.4, -0.2) is 50.9 Å². The highest BCUT2D eigenvalue weighted by Gasteiger charge is 2.22. The summed E-state index contributed by atoms with van der Waals surface area (Å²) in [5.74, 6) is 1.03. The third-order valence-electron chi connectivity index (χ3n) is 3.62. The lowest BCUT2D eigenvalue weighted by Gasteiger charge is -2.27. The summed E-state index contributed by atoms with van der Waals surface area (Å²) in [4.78, 5) is 2.44. The average Bonchev–Trinajstić information content (AvgIpc) is 2.84. The number of benzene rings is 1. The van der Waals surface area contributed by atoms with Crippen molar-refractivity contribution in [3.8, 4) is 5.75 Å². The minimum Gasteiger partial charge on any atom is -0.491 e. The van der Waals surface area contributed by atoms with Crippen molar-refractivity contribution < 1.29 is 9.47 Å². The monoisotopic (exact) mass is 248 g/mol. The van der Waals surface area contributed by atoms with E-state index in [9.17, 15) is 0 Å². The summed E-state index contributed by atoms with van der Waals surface area (Å²) in [7, 11) is 0. The number of fused-ring (bicyclic) bond motifs is 1. The Labute approximate surface area is 108 Å². The summed E-state index contributed by atoms with van der Waals surface area (Å²) in [5, 5.41) is 3.58. The van der Waals surface area contributed by atoms with Crippen LogP contribution in [0.5, 0.6) is 5.75 Å². The smallest absolute Gasteiger partial charge is 0.124 e. The molecule has 1 saturated heterocycles. The number of rotatable bonds is 4. The summed E-state index contributed by atoms with van der Waals surface area (Å²) in [6, 6.07) is 8.63. The molecule has 4 nitrogen and oxygen atoms in total. The van der Waals surface area contributed by atoms with Crippen LogP contribution in [0.1, 0.15) is 11.6 Å². The van der Waals surface area contributed by atoms with Gasteiger partial charge in [-0.1, -0.05) is 18.2 Å². The molecule has 1 N–H and O–H groups in total. The molecule has 98 valence electrons. The number of para-hydroxylation sites is 1. The van der Waals surface area contributed by atoms with E-state index in [0.29, 0.717) is 6.04 Å². The topological polar surface area (TPSA) is 33.7 Å². The van der Waals surface area contributed by atoms with Crippen LogP contribution in [0.25, 0.3) is 0 Å². The standard InChI is InChI=1S/C14H20N2O2/c1-2-4-14-12(3-1)13(11-18-14)15-5-6-16-7-9-17-10-8-16/h1-4,13,15H,5-11H2. The molecule has 0 aliphatic carbocycles. The first kappa shape index (κ1) is 12.0. The summed E-state index contributed by atoms with van der Waals surface area (Å²) in [6.07, 6.45) is 0. The Hall–Kier alpha value is -1.10. The zero-order valence-electron chi connectivity index (χ0n) is 10.6. The van der Waals surface area contributed by atoms with Gasteiger partial charge in [0, 0.05) is 31.7 Å². The van der Waals surface area contributed by atoms with E-state index < -0.39 is 0 Å². The Balaban J connectivity index is 1.47. The number of hydrogen-bond acceptors (Lipinski definition) is 4. The fraction of sp³-hybridized carbons (Fsp3) is 0.571. The van der Waals surface area contributed by atoms with Crippen LogP contribution in [0.15, 0.2) is 24.3 Å². The van der Waals surface area contributed by atoms with Crippen LogP contribution >= 0.6 is 0 Å². The molecule has 1 aromatic carbocycles. The van der Waals surface area contributed by atoms with Crippen molar-refractivity contribution in [2.45, 2.75) is 6.04 Å². The van der Waals surface area contributed by atoms with E-state index in [1.165, 1.54) is 5.56 Å². The zero-order valence-corrected chi connectivity index (χ0v) is 10.6. The number of ether oxygens (including phenoxy) is 2. The largest absolute Gasteiger partial charge is 0.491 e. The molecule has 0 bridgehead atoms. The molecular weight excluding hydrogens is 228 g/mol. The molecule has 1 fully saturated rings. The number of hydrogen-bond donors (Lipinski definition) is 1. The van der Waals surface area contributed by atoms with E-state index in [2.05, 4.69) is 22.3 Å². The van der Waals surface area contributed by atoms with Crippen molar-refractivity contribution in [3.63, 3.8) is 0 Å².